The van der Waals surface area contributed by atoms with Crippen LogP contribution >= 0.6 is 45.9 Å². The Morgan fingerprint density at radius 2 is 1.77 bits per heavy atom. The van der Waals surface area contributed by atoms with Crippen molar-refractivity contribution in [3.63, 3.8) is 0 Å². The molecule has 16 heteroatoms. The van der Waals surface area contributed by atoms with Gasteiger partial charge in [0.15, 0.2) is 20.8 Å². The Kier molecular flexibility index (Phi) is 6.47. The maximum absolute atomic E-state index is 14.5. The molecule has 0 atom stereocenters. The van der Waals surface area contributed by atoms with Gasteiger partial charge in [0.1, 0.15) is 18.6 Å². The molecule has 4 heterocycles. The van der Waals surface area contributed by atoms with Crippen LogP contribution in [-0.2, 0) is 19.9 Å². The topological polar surface area (TPSA) is 105 Å². The van der Waals surface area contributed by atoms with Crippen LogP contribution < -0.4 is 9.80 Å². The lowest BCUT2D eigenvalue weighted by Crippen LogP contribution is -2.55. The maximum atomic E-state index is 14.5. The second-order valence-electron chi connectivity index (χ2n) is 9.87. The van der Waals surface area contributed by atoms with E-state index in [4.69, 9.17) is 23.2 Å². The van der Waals surface area contributed by atoms with Crippen molar-refractivity contribution < 1.29 is 21.2 Å². The van der Waals surface area contributed by atoms with Gasteiger partial charge in [-0.2, -0.15) is 12.5 Å². The second-order valence-corrected chi connectivity index (χ2v) is 17.7. The zero-order valence-corrected chi connectivity index (χ0v) is 25.4. The van der Waals surface area contributed by atoms with Gasteiger partial charge in [0.25, 0.3) is 10.0 Å². The summed E-state index contributed by atoms with van der Waals surface area (Å²) in [4.78, 5) is 8.60. The molecule has 39 heavy (non-hydrogen) atoms. The van der Waals surface area contributed by atoms with Crippen molar-refractivity contribution >= 4 is 87.6 Å². The van der Waals surface area contributed by atoms with E-state index in [-0.39, 0.29) is 24.5 Å². The van der Waals surface area contributed by atoms with Gasteiger partial charge in [-0.15, -0.1) is 16.4 Å². The number of piperazine rings is 1. The minimum atomic E-state index is -4.38. The molecule has 2 aliphatic rings. The van der Waals surface area contributed by atoms with Crippen LogP contribution in [0.5, 0.6) is 0 Å². The summed E-state index contributed by atoms with van der Waals surface area (Å²) in [5.74, 6) is -0.365. The Morgan fingerprint density at radius 3 is 2.41 bits per heavy atom. The van der Waals surface area contributed by atoms with Gasteiger partial charge in [-0.1, -0.05) is 34.5 Å². The average molecular weight is 651 g/mol. The number of hydrogen-bond donors (Lipinski definition) is 0. The van der Waals surface area contributed by atoms with Gasteiger partial charge < -0.3 is 9.80 Å². The van der Waals surface area contributed by atoms with E-state index in [2.05, 4.69) is 19.9 Å². The largest absolute Gasteiger partial charge is 0.345 e. The third-order valence-corrected chi connectivity index (χ3v) is 14.4. The molecule has 0 N–H and O–H groups in total. The molecule has 0 amide bonds. The van der Waals surface area contributed by atoms with Gasteiger partial charge in [0.2, 0.25) is 0 Å². The molecule has 4 aromatic rings. The van der Waals surface area contributed by atoms with Crippen LogP contribution in [0.1, 0.15) is 26.7 Å². The van der Waals surface area contributed by atoms with E-state index in [9.17, 15) is 21.2 Å². The van der Waals surface area contributed by atoms with Gasteiger partial charge in [-0.25, -0.2) is 17.8 Å². The maximum Gasteiger partial charge on any atom is 0.293 e. The Hall–Kier alpha value is -1.97. The number of aromatic nitrogens is 3. The molecule has 0 bridgehead atoms. The highest BCUT2D eigenvalue weighted by atomic mass is 35.5. The number of hydrogen-bond acceptors (Lipinski definition) is 10. The van der Waals surface area contributed by atoms with E-state index in [0.717, 1.165) is 34.2 Å². The number of thiophene rings is 1. The van der Waals surface area contributed by atoms with Crippen LogP contribution in [0.15, 0.2) is 38.9 Å². The van der Waals surface area contributed by atoms with Gasteiger partial charge in [0, 0.05) is 25.7 Å². The molecule has 9 nitrogen and oxygen atoms in total. The zero-order chi connectivity index (χ0) is 27.9. The molecule has 0 radical (unpaired) electrons. The van der Waals surface area contributed by atoms with Crippen LogP contribution in [-0.4, -0.2) is 61.4 Å². The number of nitrogens with zero attached hydrogens (tertiary/aromatic N) is 5. The summed E-state index contributed by atoms with van der Waals surface area (Å²) >= 11 is 14.6. The summed E-state index contributed by atoms with van der Waals surface area (Å²) in [6, 6.07) is 4.74. The SMILES string of the molecule is CC(C)S(=O)(=O)c1ccc(S(=O)(=O)n2nc(N3CCN(c4ncc(Cl)s4)CC34CC4)c3c(Cl)cc(F)cc32)s1. The molecule has 6 rings (SSSR count). The molecule has 0 unspecified atom stereocenters. The van der Waals surface area contributed by atoms with Crippen molar-refractivity contribution in [1.82, 2.24) is 14.2 Å². The summed E-state index contributed by atoms with van der Waals surface area (Å²) < 4.78 is 68.5. The molecular weight excluding hydrogens is 628 g/mol. The Labute approximate surface area is 242 Å². The Balaban J connectivity index is 1.45. The molecule has 1 saturated heterocycles. The third kappa shape index (κ3) is 4.43. The second kappa shape index (κ2) is 9.28. The highest BCUT2D eigenvalue weighted by molar-refractivity contribution is 7.95. The van der Waals surface area contributed by atoms with Crippen LogP contribution in [0.3, 0.4) is 0 Å². The van der Waals surface area contributed by atoms with E-state index in [1.807, 2.05) is 0 Å². The first kappa shape index (κ1) is 27.2. The van der Waals surface area contributed by atoms with Crippen LogP contribution in [0.2, 0.25) is 9.36 Å². The number of sulfone groups is 1. The molecule has 1 aromatic carbocycles. The molecule has 208 valence electrons. The first-order valence-corrected chi connectivity index (χ1v) is 17.3. The lowest BCUT2D eigenvalue weighted by atomic mass is 10.1. The lowest BCUT2D eigenvalue weighted by molar-refractivity contribution is 0.504. The number of benzene rings is 1. The third-order valence-electron chi connectivity index (χ3n) is 7.06. The molecule has 1 aliphatic heterocycles. The fourth-order valence-corrected chi connectivity index (χ4v) is 10.6. The summed E-state index contributed by atoms with van der Waals surface area (Å²) in [5.41, 5.74) is -0.326. The molecule has 1 aliphatic carbocycles. The van der Waals surface area contributed by atoms with Gasteiger partial charge in [-0.05, 0) is 44.9 Å². The quantitative estimate of drug-likeness (QED) is 0.278. The van der Waals surface area contributed by atoms with E-state index in [1.54, 1.807) is 6.20 Å². The number of fused-ring (bicyclic) bond motifs is 1. The average Bonchev–Trinajstić information content (AvgIpc) is 3.26. The molecule has 2 fully saturated rings. The van der Waals surface area contributed by atoms with Crippen LogP contribution in [0, 0.1) is 5.82 Å². The molecule has 1 saturated carbocycles. The summed E-state index contributed by atoms with van der Waals surface area (Å²) in [5, 5.41) is 4.98. The lowest BCUT2D eigenvalue weighted by Gasteiger charge is -2.42. The molecule has 1 spiro atoms. The highest BCUT2D eigenvalue weighted by Gasteiger charge is 2.53. The van der Waals surface area contributed by atoms with Gasteiger partial charge >= 0.3 is 0 Å². The molecule has 3 aromatic heterocycles. The van der Waals surface area contributed by atoms with Crippen LogP contribution in [0.4, 0.5) is 15.3 Å². The van der Waals surface area contributed by atoms with Crippen molar-refractivity contribution in [2.45, 2.75) is 45.9 Å². The predicted octanol–water partition coefficient (Wildman–Crippen LogP) is 5.28. The van der Waals surface area contributed by atoms with Crippen LogP contribution in [0.25, 0.3) is 10.9 Å². The Morgan fingerprint density at radius 1 is 1.05 bits per heavy atom. The monoisotopic (exact) mass is 649 g/mol. The first-order valence-electron chi connectivity index (χ1n) is 11.9. The van der Waals surface area contributed by atoms with Gasteiger partial charge in [0.05, 0.1) is 32.9 Å². The minimum Gasteiger partial charge on any atom is -0.345 e. The van der Waals surface area contributed by atoms with Crippen molar-refractivity contribution in [2.24, 2.45) is 0 Å². The van der Waals surface area contributed by atoms with Crippen molar-refractivity contribution in [3.05, 3.63) is 45.6 Å². The normalized spacial score (nSPS) is 17.6. The summed E-state index contributed by atoms with van der Waals surface area (Å²) in [6.07, 6.45) is 3.32. The van der Waals surface area contributed by atoms with Crippen molar-refractivity contribution in [3.8, 4) is 0 Å². The Bertz CT molecular complexity index is 1830. The smallest absolute Gasteiger partial charge is 0.293 e. The summed E-state index contributed by atoms with van der Waals surface area (Å²) in [6.45, 7) is 4.79. The highest BCUT2D eigenvalue weighted by Crippen LogP contribution is 2.50. The van der Waals surface area contributed by atoms with Crippen molar-refractivity contribution in [2.75, 3.05) is 29.4 Å². The molecular formula is C23H22Cl2FN5O4S4. The fraction of sp³-hybridized carbons (Fsp3) is 0.391. The minimum absolute atomic E-state index is 0.0124. The number of halogens is 3. The number of rotatable bonds is 6. The van der Waals surface area contributed by atoms with Crippen molar-refractivity contribution in [1.29, 1.82) is 0 Å². The fourth-order valence-electron chi connectivity index (χ4n) is 4.84. The number of thiazole rings is 1. The standard InChI is InChI=1S/C23H22Cl2FN5O4S4/c1-13(2)38(32,33)18-3-4-19(37-18)39(34,35)31-16-10-14(26)9-15(24)20(16)21(28-31)30-8-7-29(12-23(30)5-6-23)22-27-11-17(25)36-22/h3-4,9-11,13H,5-8,12H2,1-2H3. The first-order chi connectivity index (χ1) is 18.3. The van der Waals surface area contributed by atoms with E-state index >= 15 is 0 Å². The zero-order valence-electron chi connectivity index (χ0n) is 20.6. The summed E-state index contributed by atoms with van der Waals surface area (Å²) in [7, 11) is -8.06. The van der Waals surface area contributed by atoms with E-state index < -0.39 is 30.9 Å². The van der Waals surface area contributed by atoms with E-state index in [0.29, 0.717) is 46.5 Å². The predicted molar refractivity (Wildman–Crippen MR) is 153 cm³/mol. The van der Waals surface area contributed by atoms with E-state index in [1.165, 1.54) is 37.3 Å². The van der Waals surface area contributed by atoms with Gasteiger partial charge in [-0.3, -0.25) is 0 Å². The number of anilines is 2.